The summed E-state index contributed by atoms with van der Waals surface area (Å²) in [7, 11) is 0. The van der Waals surface area contributed by atoms with Gasteiger partial charge in [-0.2, -0.15) is 0 Å². The second-order valence-electron chi connectivity index (χ2n) is 6.76. The average molecular weight is 386 g/mol. The molecule has 0 heterocycles. The number of carbonyl (C=O) groups excluding carboxylic acids is 3. The molecule has 0 saturated heterocycles. The third-order valence-electron chi connectivity index (χ3n) is 4.15. The van der Waals surface area contributed by atoms with Crippen molar-refractivity contribution < 1.29 is 24.3 Å². The van der Waals surface area contributed by atoms with E-state index in [1.54, 1.807) is 0 Å². The van der Waals surface area contributed by atoms with E-state index in [9.17, 15) is 19.2 Å². The number of carboxylic acids is 1. The quantitative estimate of drug-likeness (QED) is 0.301. The first-order valence-corrected chi connectivity index (χ1v) is 9.92. The van der Waals surface area contributed by atoms with Crippen molar-refractivity contribution in [3.8, 4) is 0 Å². The van der Waals surface area contributed by atoms with Gasteiger partial charge in [0.15, 0.2) is 0 Å². The molecule has 0 aliphatic carbocycles. The Bertz CT molecular complexity index is 468. The SMILES string of the molecule is CCCCCCCCCCCC(=O)NCC(=O)NCC(=O)N[C@@H](C)C(=O)O. The fraction of sp³-hybridized carbons (Fsp3) is 0.789. The van der Waals surface area contributed by atoms with E-state index in [4.69, 9.17) is 5.11 Å². The first-order chi connectivity index (χ1) is 12.9. The Hall–Kier alpha value is -2.12. The molecule has 3 amide bonds. The van der Waals surface area contributed by atoms with Crippen molar-refractivity contribution in [2.45, 2.75) is 84.1 Å². The molecule has 8 heteroatoms. The van der Waals surface area contributed by atoms with Crippen LogP contribution in [0.15, 0.2) is 0 Å². The minimum absolute atomic E-state index is 0.183. The number of amides is 3. The van der Waals surface area contributed by atoms with Gasteiger partial charge in [-0.25, -0.2) is 0 Å². The van der Waals surface area contributed by atoms with E-state index >= 15 is 0 Å². The number of carboxylic acid groups (broad SMARTS) is 1. The fourth-order valence-corrected chi connectivity index (χ4v) is 2.46. The van der Waals surface area contributed by atoms with E-state index in [1.165, 1.54) is 45.4 Å². The van der Waals surface area contributed by atoms with E-state index in [0.717, 1.165) is 19.3 Å². The van der Waals surface area contributed by atoms with E-state index in [0.29, 0.717) is 6.42 Å². The number of aliphatic carboxylic acids is 1. The molecule has 0 bridgehead atoms. The van der Waals surface area contributed by atoms with Crippen LogP contribution in [-0.4, -0.2) is 47.9 Å². The van der Waals surface area contributed by atoms with Crippen molar-refractivity contribution >= 4 is 23.7 Å². The van der Waals surface area contributed by atoms with Crippen molar-refractivity contribution in [3.05, 3.63) is 0 Å². The Morgan fingerprint density at radius 1 is 0.741 bits per heavy atom. The number of unbranched alkanes of at least 4 members (excludes halogenated alkanes) is 8. The summed E-state index contributed by atoms with van der Waals surface area (Å²) in [6.45, 7) is 3.01. The summed E-state index contributed by atoms with van der Waals surface area (Å²) < 4.78 is 0. The van der Waals surface area contributed by atoms with Gasteiger partial charge in [-0.1, -0.05) is 58.3 Å². The Morgan fingerprint density at radius 2 is 1.22 bits per heavy atom. The summed E-state index contributed by atoms with van der Waals surface area (Å²) in [5.41, 5.74) is 0. The van der Waals surface area contributed by atoms with Crippen LogP contribution in [0, 0.1) is 0 Å². The van der Waals surface area contributed by atoms with Gasteiger partial charge < -0.3 is 21.1 Å². The molecule has 0 radical (unpaired) electrons. The van der Waals surface area contributed by atoms with Gasteiger partial charge in [0, 0.05) is 6.42 Å². The largest absolute Gasteiger partial charge is 0.480 e. The van der Waals surface area contributed by atoms with E-state index < -0.39 is 23.8 Å². The predicted molar refractivity (Wildman–Crippen MR) is 103 cm³/mol. The minimum atomic E-state index is -1.15. The Labute approximate surface area is 161 Å². The van der Waals surface area contributed by atoms with Gasteiger partial charge in [-0.15, -0.1) is 0 Å². The summed E-state index contributed by atoms with van der Waals surface area (Å²) in [6.07, 6.45) is 10.9. The molecule has 0 rings (SSSR count). The number of hydrogen-bond acceptors (Lipinski definition) is 4. The minimum Gasteiger partial charge on any atom is -0.480 e. The Morgan fingerprint density at radius 3 is 1.78 bits per heavy atom. The molecule has 0 fully saturated rings. The third-order valence-corrected chi connectivity index (χ3v) is 4.15. The first-order valence-electron chi connectivity index (χ1n) is 9.92. The predicted octanol–water partition coefficient (Wildman–Crippen LogP) is 1.73. The molecular weight excluding hydrogens is 350 g/mol. The lowest BCUT2D eigenvalue weighted by Crippen LogP contribution is -2.45. The van der Waals surface area contributed by atoms with Crippen LogP contribution in [0.4, 0.5) is 0 Å². The molecule has 0 aromatic carbocycles. The van der Waals surface area contributed by atoms with Crippen LogP contribution in [0.2, 0.25) is 0 Å². The Kier molecular flexibility index (Phi) is 14.8. The van der Waals surface area contributed by atoms with Gasteiger partial charge in [-0.05, 0) is 13.3 Å². The zero-order valence-corrected chi connectivity index (χ0v) is 16.6. The fourth-order valence-electron chi connectivity index (χ4n) is 2.46. The summed E-state index contributed by atoms with van der Waals surface area (Å²) in [6, 6.07) is -1.02. The molecule has 0 aliphatic heterocycles. The monoisotopic (exact) mass is 385 g/mol. The lowest BCUT2D eigenvalue weighted by molar-refractivity contribution is -0.141. The van der Waals surface area contributed by atoms with Crippen molar-refractivity contribution in [2.75, 3.05) is 13.1 Å². The van der Waals surface area contributed by atoms with Crippen LogP contribution < -0.4 is 16.0 Å². The summed E-state index contributed by atoms with van der Waals surface area (Å²) in [5.74, 6) is -2.43. The normalized spacial score (nSPS) is 11.5. The molecular formula is C19H35N3O5. The van der Waals surface area contributed by atoms with Gasteiger partial charge >= 0.3 is 5.97 Å². The highest BCUT2D eigenvalue weighted by molar-refractivity contribution is 5.89. The topological polar surface area (TPSA) is 125 Å². The summed E-state index contributed by atoms with van der Waals surface area (Å²) in [5, 5.41) is 15.7. The van der Waals surface area contributed by atoms with Gasteiger partial charge in [0.05, 0.1) is 13.1 Å². The van der Waals surface area contributed by atoms with Gasteiger partial charge in [0.25, 0.3) is 0 Å². The second kappa shape index (κ2) is 16.1. The van der Waals surface area contributed by atoms with Crippen molar-refractivity contribution in [2.24, 2.45) is 0 Å². The first kappa shape index (κ1) is 24.9. The van der Waals surface area contributed by atoms with Gasteiger partial charge in [-0.3, -0.25) is 19.2 Å². The maximum Gasteiger partial charge on any atom is 0.325 e. The van der Waals surface area contributed by atoms with Crippen LogP contribution in [0.3, 0.4) is 0 Å². The third kappa shape index (κ3) is 15.8. The number of hydrogen-bond donors (Lipinski definition) is 4. The van der Waals surface area contributed by atoms with E-state index in [-0.39, 0.29) is 19.0 Å². The molecule has 0 spiro atoms. The van der Waals surface area contributed by atoms with Crippen LogP contribution in [0.25, 0.3) is 0 Å². The van der Waals surface area contributed by atoms with Crippen molar-refractivity contribution in [3.63, 3.8) is 0 Å². The zero-order chi connectivity index (χ0) is 20.5. The van der Waals surface area contributed by atoms with Crippen molar-refractivity contribution in [1.29, 1.82) is 0 Å². The number of carbonyl (C=O) groups is 4. The molecule has 0 aromatic heterocycles. The molecule has 27 heavy (non-hydrogen) atoms. The van der Waals surface area contributed by atoms with Gasteiger partial charge in [0.2, 0.25) is 17.7 Å². The van der Waals surface area contributed by atoms with Crippen LogP contribution in [0.1, 0.15) is 78.1 Å². The molecule has 1 atom stereocenters. The van der Waals surface area contributed by atoms with E-state index in [1.807, 2.05) is 0 Å². The second-order valence-corrected chi connectivity index (χ2v) is 6.76. The van der Waals surface area contributed by atoms with Crippen LogP contribution >= 0.6 is 0 Å². The Balaban J connectivity index is 3.59. The summed E-state index contributed by atoms with van der Waals surface area (Å²) >= 11 is 0. The smallest absolute Gasteiger partial charge is 0.325 e. The number of rotatable bonds is 16. The molecule has 0 saturated carbocycles. The maximum atomic E-state index is 11.7. The van der Waals surface area contributed by atoms with Crippen LogP contribution in [0.5, 0.6) is 0 Å². The molecule has 0 aliphatic rings. The average Bonchev–Trinajstić information content (AvgIpc) is 2.63. The van der Waals surface area contributed by atoms with Crippen LogP contribution in [-0.2, 0) is 19.2 Å². The molecule has 0 aromatic rings. The number of nitrogens with one attached hydrogen (secondary N) is 3. The molecule has 156 valence electrons. The molecule has 8 nitrogen and oxygen atoms in total. The molecule has 0 unspecified atom stereocenters. The highest BCUT2D eigenvalue weighted by Crippen LogP contribution is 2.10. The summed E-state index contributed by atoms with van der Waals surface area (Å²) in [4.78, 5) is 45.3. The highest BCUT2D eigenvalue weighted by Gasteiger charge is 2.14. The molecule has 4 N–H and O–H groups in total. The zero-order valence-electron chi connectivity index (χ0n) is 16.6. The standard InChI is InChI=1S/C19H35N3O5/c1-3-4-5-6-7-8-9-10-11-12-16(23)20-13-17(24)21-14-18(25)22-15(2)19(26)27/h15H,3-14H2,1-2H3,(H,20,23)(H,21,24)(H,22,25)(H,26,27)/t15-/m0/s1. The van der Waals surface area contributed by atoms with Gasteiger partial charge in [0.1, 0.15) is 6.04 Å². The van der Waals surface area contributed by atoms with Crippen molar-refractivity contribution in [1.82, 2.24) is 16.0 Å². The highest BCUT2D eigenvalue weighted by atomic mass is 16.4. The van der Waals surface area contributed by atoms with E-state index in [2.05, 4.69) is 22.9 Å². The lowest BCUT2D eigenvalue weighted by Gasteiger charge is -2.10. The maximum absolute atomic E-state index is 11.7. The lowest BCUT2D eigenvalue weighted by atomic mass is 10.1.